The lowest BCUT2D eigenvalue weighted by molar-refractivity contribution is -0.119. The summed E-state index contributed by atoms with van der Waals surface area (Å²) in [5.74, 6) is 0.947. The molecule has 1 amide bonds. The summed E-state index contributed by atoms with van der Waals surface area (Å²) in [6, 6.07) is 9.66. The molecule has 2 N–H and O–H groups in total. The third-order valence-electron chi connectivity index (χ3n) is 2.14. The van der Waals surface area contributed by atoms with Gasteiger partial charge in [-0.2, -0.15) is 0 Å². The first-order valence-corrected chi connectivity index (χ1v) is 6.85. The van der Waals surface area contributed by atoms with Crippen molar-refractivity contribution in [1.82, 2.24) is 5.32 Å². The minimum Gasteiger partial charge on any atom is -0.388 e. The average molecular weight is 253 g/mol. The first kappa shape index (κ1) is 14.1. The van der Waals surface area contributed by atoms with Crippen molar-refractivity contribution in [3.8, 4) is 0 Å². The molecule has 94 valence electrons. The van der Waals surface area contributed by atoms with Crippen molar-refractivity contribution in [3.05, 3.63) is 35.9 Å². The fraction of sp³-hybridized carbons (Fsp3) is 0.462. The van der Waals surface area contributed by atoms with Crippen molar-refractivity contribution in [1.29, 1.82) is 0 Å². The standard InChI is InChI=1S/C13H19NO2S/c1-10(2)14-13(16)9-17-8-12(15)11-6-4-3-5-7-11/h3-7,10,12,15H,8-9H2,1-2H3,(H,14,16). The second-order valence-electron chi connectivity index (χ2n) is 4.16. The van der Waals surface area contributed by atoms with E-state index in [2.05, 4.69) is 5.32 Å². The van der Waals surface area contributed by atoms with Gasteiger partial charge in [-0.1, -0.05) is 30.3 Å². The highest BCUT2D eigenvalue weighted by Gasteiger charge is 2.09. The number of hydrogen-bond acceptors (Lipinski definition) is 3. The number of hydrogen-bond donors (Lipinski definition) is 2. The van der Waals surface area contributed by atoms with E-state index in [4.69, 9.17) is 0 Å². The number of amides is 1. The van der Waals surface area contributed by atoms with Gasteiger partial charge in [0.15, 0.2) is 0 Å². The van der Waals surface area contributed by atoms with E-state index in [1.165, 1.54) is 11.8 Å². The Labute approximate surface area is 107 Å². The van der Waals surface area contributed by atoms with E-state index in [0.717, 1.165) is 5.56 Å². The molecule has 0 radical (unpaired) electrons. The number of carbonyl (C=O) groups is 1. The Morgan fingerprint density at radius 3 is 2.59 bits per heavy atom. The van der Waals surface area contributed by atoms with Crippen LogP contribution in [0.5, 0.6) is 0 Å². The molecule has 0 aliphatic carbocycles. The third-order valence-corrected chi connectivity index (χ3v) is 3.16. The van der Waals surface area contributed by atoms with Crippen molar-refractivity contribution >= 4 is 17.7 Å². The maximum atomic E-state index is 11.4. The zero-order valence-corrected chi connectivity index (χ0v) is 11.0. The van der Waals surface area contributed by atoms with Crippen LogP contribution in [0.2, 0.25) is 0 Å². The van der Waals surface area contributed by atoms with Crippen molar-refractivity contribution in [2.45, 2.75) is 26.0 Å². The molecule has 1 aromatic carbocycles. The highest BCUT2D eigenvalue weighted by molar-refractivity contribution is 7.99. The van der Waals surface area contributed by atoms with Crippen LogP contribution in [0.25, 0.3) is 0 Å². The van der Waals surface area contributed by atoms with Gasteiger partial charge in [-0.05, 0) is 19.4 Å². The summed E-state index contributed by atoms with van der Waals surface area (Å²) in [4.78, 5) is 11.4. The Morgan fingerprint density at radius 2 is 2.00 bits per heavy atom. The minimum absolute atomic E-state index is 0.0188. The maximum absolute atomic E-state index is 11.4. The quantitative estimate of drug-likeness (QED) is 0.815. The minimum atomic E-state index is -0.506. The molecule has 17 heavy (non-hydrogen) atoms. The van der Waals surface area contributed by atoms with E-state index < -0.39 is 6.10 Å². The molecule has 0 aromatic heterocycles. The van der Waals surface area contributed by atoms with Gasteiger partial charge >= 0.3 is 0 Å². The van der Waals surface area contributed by atoms with E-state index in [0.29, 0.717) is 11.5 Å². The monoisotopic (exact) mass is 253 g/mol. The van der Waals surface area contributed by atoms with E-state index in [1.807, 2.05) is 44.2 Å². The SMILES string of the molecule is CC(C)NC(=O)CSCC(O)c1ccccc1. The molecule has 0 aliphatic rings. The number of aliphatic hydroxyl groups excluding tert-OH is 1. The zero-order valence-electron chi connectivity index (χ0n) is 10.2. The molecule has 1 atom stereocenters. The fourth-order valence-corrected chi connectivity index (χ4v) is 2.20. The first-order valence-electron chi connectivity index (χ1n) is 5.69. The van der Waals surface area contributed by atoms with Gasteiger partial charge in [-0.25, -0.2) is 0 Å². The Kier molecular flexibility index (Phi) is 6.08. The summed E-state index contributed by atoms with van der Waals surface area (Å²) in [6.07, 6.45) is -0.506. The van der Waals surface area contributed by atoms with Crippen LogP contribution in [0, 0.1) is 0 Å². The molecule has 0 bridgehead atoms. The second-order valence-corrected chi connectivity index (χ2v) is 5.19. The van der Waals surface area contributed by atoms with Gasteiger partial charge in [-0.3, -0.25) is 4.79 Å². The molecule has 0 fully saturated rings. The molecule has 0 spiro atoms. The van der Waals surface area contributed by atoms with E-state index in [9.17, 15) is 9.90 Å². The topological polar surface area (TPSA) is 49.3 Å². The molecule has 3 nitrogen and oxygen atoms in total. The molecule has 0 heterocycles. The lowest BCUT2D eigenvalue weighted by Gasteiger charge is -2.11. The molecule has 4 heteroatoms. The highest BCUT2D eigenvalue weighted by Crippen LogP contribution is 2.17. The summed E-state index contributed by atoms with van der Waals surface area (Å²) in [5.41, 5.74) is 0.893. The van der Waals surface area contributed by atoms with Crippen LogP contribution in [0.3, 0.4) is 0 Å². The van der Waals surface area contributed by atoms with Crippen LogP contribution in [-0.4, -0.2) is 28.6 Å². The molecule has 1 unspecified atom stereocenters. The fourth-order valence-electron chi connectivity index (χ4n) is 1.40. The van der Waals surface area contributed by atoms with Crippen LogP contribution >= 0.6 is 11.8 Å². The largest absolute Gasteiger partial charge is 0.388 e. The number of nitrogens with one attached hydrogen (secondary N) is 1. The number of carbonyl (C=O) groups excluding carboxylic acids is 1. The normalized spacial score (nSPS) is 12.5. The van der Waals surface area contributed by atoms with Crippen molar-refractivity contribution in [2.75, 3.05) is 11.5 Å². The predicted octanol–water partition coefficient (Wildman–Crippen LogP) is 1.98. The van der Waals surface area contributed by atoms with Crippen LogP contribution < -0.4 is 5.32 Å². The summed E-state index contributed by atoms with van der Waals surface area (Å²) < 4.78 is 0. The Bertz CT molecular complexity index is 341. The van der Waals surface area contributed by atoms with Gasteiger partial charge < -0.3 is 10.4 Å². The third kappa shape index (κ3) is 5.75. The Hall–Kier alpha value is -1.00. The second kappa shape index (κ2) is 7.35. The average Bonchev–Trinajstić information content (AvgIpc) is 2.29. The number of aliphatic hydroxyl groups is 1. The summed E-state index contributed by atoms with van der Waals surface area (Å²) in [6.45, 7) is 3.86. The molecular weight excluding hydrogens is 234 g/mol. The van der Waals surface area contributed by atoms with Crippen molar-refractivity contribution in [2.24, 2.45) is 0 Å². The van der Waals surface area contributed by atoms with Gasteiger partial charge in [0.1, 0.15) is 0 Å². The van der Waals surface area contributed by atoms with Crippen LogP contribution in [0.15, 0.2) is 30.3 Å². The molecule has 0 saturated carbocycles. The highest BCUT2D eigenvalue weighted by atomic mass is 32.2. The number of thioether (sulfide) groups is 1. The van der Waals surface area contributed by atoms with Gasteiger partial charge in [0.2, 0.25) is 5.91 Å². The Balaban J connectivity index is 2.25. The maximum Gasteiger partial charge on any atom is 0.230 e. The number of rotatable bonds is 6. The molecule has 0 aliphatic heterocycles. The van der Waals surface area contributed by atoms with Crippen molar-refractivity contribution < 1.29 is 9.90 Å². The molecule has 1 aromatic rings. The van der Waals surface area contributed by atoms with Crippen molar-refractivity contribution in [3.63, 3.8) is 0 Å². The summed E-state index contributed by atoms with van der Waals surface area (Å²) in [7, 11) is 0. The van der Waals surface area contributed by atoms with Crippen LogP contribution in [-0.2, 0) is 4.79 Å². The smallest absolute Gasteiger partial charge is 0.230 e. The Morgan fingerprint density at radius 1 is 1.35 bits per heavy atom. The van der Waals surface area contributed by atoms with Gasteiger partial charge in [0.25, 0.3) is 0 Å². The molecular formula is C13H19NO2S. The molecule has 1 rings (SSSR count). The van der Waals surface area contributed by atoms with Gasteiger partial charge in [0, 0.05) is 11.8 Å². The summed E-state index contributed by atoms with van der Waals surface area (Å²) in [5, 5.41) is 12.7. The first-order chi connectivity index (χ1) is 8.09. The van der Waals surface area contributed by atoms with Crippen LogP contribution in [0.1, 0.15) is 25.5 Å². The van der Waals surface area contributed by atoms with Crippen LogP contribution in [0.4, 0.5) is 0 Å². The summed E-state index contributed by atoms with van der Waals surface area (Å²) >= 11 is 1.44. The van der Waals surface area contributed by atoms with E-state index in [1.54, 1.807) is 0 Å². The predicted molar refractivity (Wildman–Crippen MR) is 72.0 cm³/mol. The van der Waals surface area contributed by atoms with Gasteiger partial charge in [0.05, 0.1) is 11.9 Å². The number of benzene rings is 1. The lowest BCUT2D eigenvalue weighted by atomic mass is 10.1. The van der Waals surface area contributed by atoms with E-state index >= 15 is 0 Å². The molecule has 0 saturated heterocycles. The zero-order chi connectivity index (χ0) is 12.7. The van der Waals surface area contributed by atoms with Gasteiger partial charge in [-0.15, -0.1) is 11.8 Å². The lowest BCUT2D eigenvalue weighted by Crippen LogP contribution is -2.31. The van der Waals surface area contributed by atoms with E-state index in [-0.39, 0.29) is 11.9 Å².